The zero-order chi connectivity index (χ0) is 14.5. The first-order chi connectivity index (χ1) is 10.3. The summed E-state index contributed by atoms with van der Waals surface area (Å²) in [6.45, 7) is 5.15. The summed E-state index contributed by atoms with van der Waals surface area (Å²) in [7, 11) is 0. The first kappa shape index (κ1) is 14.3. The molecule has 1 aliphatic rings. The summed E-state index contributed by atoms with van der Waals surface area (Å²) >= 11 is 0. The Bertz CT molecular complexity index is 530. The predicted octanol–water partition coefficient (Wildman–Crippen LogP) is 2.95. The van der Waals surface area contributed by atoms with Crippen molar-refractivity contribution < 1.29 is 4.74 Å². The molecule has 0 amide bonds. The minimum absolute atomic E-state index is 0.379. The number of hydrogen-bond donors (Lipinski definition) is 1. The van der Waals surface area contributed by atoms with E-state index >= 15 is 0 Å². The van der Waals surface area contributed by atoms with Crippen LogP contribution in [0.2, 0.25) is 0 Å². The molecule has 4 nitrogen and oxygen atoms in total. The average molecular weight is 285 g/mol. The molecule has 1 saturated heterocycles. The first-order valence-corrected chi connectivity index (χ1v) is 7.72. The van der Waals surface area contributed by atoms with E-state index in [4.69, 9.17) is 4.74 Å². The number of benzene rings is 1. The van der Waals surface area contributed by atoms with E-state index in [9.17, 15) is 0 Å². The van der Waals surface area contributed by atoms with Gasteiger partial charge in [0.1, 0.15) is 0 Å². The van der Waals surface area contributed by atoms with Crippen LogP contribution < -0.4 is 5.32 Å². The van der Waals surface area contributed by atoms with Gasteiger partial charge in [-0.1, -0.05) is 12.1 Å². The third-order valence-electron chi connectivity index (χ3n) is 4.22. The maximum atomic E-state index is 5.41. The lowest BCUT2D eigenvalue weighted by Gasteiger charge is -2.16. The van der Waals surface area contributed by atoms with E-state index in [0.29, 0.717) is 6.04 Å². The first-order valence-electron chi connectivity index (χ1n) is 7.72. The molecule has 21 heavy (non-hydrogen) atoms. The van der Waals surface area contributed by atoms with Crippen molar-refractivity contribution in [2.45, 2.75) is 25.8 Å². The van der Waals surface area contributed by atoms with E-state index in [1.807, 2.05) is 17.1 Å². The molecule has 2 aromatic rings. The van der Waals surface area contributed by atoms with Gasteiger partial charge in [0.2, 0.25) is 0 Å². The van der Waals surface area contributed by atoms with Crippen molar-refractivity contribution in [1.29, 1.82) is 0 Å². The van der Waals surface area contributed by atoms with Gasteiger partial charge in [0, 0.05) is 37.3 Å². The largest absolute Gasteiger partial charge is 0.381 e. The molecule has 0 aliphatic carbocycles. The number of ether oxygens (including phenoxy) is 1. The Morgan fingerprint density at radius 2 is 2.24 bits per heavy atom. The number of hydrogen-bond acceptors (Lipinski definition) is 3. The predicted molar refractivity (Wildman–Crippen MR) is 83.5 cm³/mol. The van der Waals surface area contributed by atoms with Crippen molar-refractivity contribution in [3.63, 3.8) is 0 Å². The Hall–Kier alpha value is -1.65. The van der Waals surface area contributed by atoms with Gasteiger partial charge >= 0.3 is 0 Å². The molecule has 3 rings (SSSR count). The second-order valence-electron chi connectivity index (χ2n) is 5.76. The van der Waals surface area contributed by atoms with Gasteiger partial charge in [-0.15, -0.1) is 0 Å². The van der Waals surface area contributed by atoms with E-state index in [1.54, 1.807) is 6.20 Å². The van der Waals surface area contributed by atoms with Crippen molar-refractivity contribution in [2.24, 2.45) is 5.92 Å². The van der Waals surface area contributed by atoms with Crippen LogP contribution in [-0.4, -0.2) is 29.3 Å². The van der Waals surface area contributed by atoms with Crippen molar-refractivity contribution in [3.8, 4) is 5.69 Å². The highest BCUT2D eigenvalue weighted by molar-refractivity contribution is 5.35. The van der Waals surface area contributed by atoms with Crippen LogP contribution in [0.15, 0.2) is 43.0 Å². The van der Waals surface area contributed by atoms with E-state index < -0.39 is 0 Å². The molecule has 112 valence electrons. The molecule has 4 heteroatoms. The summed E-state index contributed by atoms with van der Waals surface area (Å²) in [4.78, 5) is 4.07. The van der Waals surface area contributed by atoms with Gasteiger partial charge in [-0.05, 0) is 49.9 Å². The van der Waals surface area contributed by atoms with Gasteiger partial charge in [-0.25, -0.2) is 4.98 Å². The van der Waals surface area contributed by atoms with Gasteiger partial charge in [0.05, 0.1) is 6.33 Å². The molecule has 1 aliphatic heterocycles. The summed E-state index contributed by atoms with van der Waals surface area (Å²) in [5.74, 6) is 0.744. The van der Waals surface area contributed by atoms with Crippen LogP contribution in [-0.2, 0) is 4.74 Å². The van der Waals surface area contributed by atoms with E-state index in [-0.39, 0.29) is 0 Å². The van der Waals surface area contributed by atoms with E-state index in [0.717, 1.165) is 31.4 Å². The number of rotatable bonds is 6. The van der Waals surface area contributed by atoms with Crippen LogP contribution in [0.4, 0.5) is 0 Å². The fourth-order valence-corrected chi connectivity index (χ4v) is 2.78. The Balaban J connectivity index is 1.51. The number of aromatic nitrogens is 2. The second kappa shape index (κ2) is 6.87. The van der Waals surface area contributed by atoms with Gasteiger partial charge in [-0.3, -0.25) is 0 Å². The molecule has 1 aromatic heterocycles. The Kier molecular flexibility index (Phi) is 4.68. The minimum Gasteiger partial charge on any atom is -0.381 e. The van der Waals surface area contributed by atoms with E-state index in [1.165, 1.54) is 18.4 Å². The molecule has 0 bridgehead atoms. The highest BCUT2D eigenvalue weighted by atomic mass is 16.5. The molecule has 1 N–H and O–H groups in total. The maximum absolute atomic E-state index is 5.41. The fraction of sp³-hybridized carbons (Fsp3) is 0.471. The van der Waals surface area contributed by atoms with Crippen LogP contribution in [0.3, 0.4) is 0 Å². The van der Waals surface area contributed by atoms with Crippen LogP contribution in [0.1, 0.15) is 31.4 Å². The summed E-state index contributed by atoms with van der Waals surface area (Å²) in [6.07, 6.45) is 8.00. The molecule has 2 unspecified atom stereocenters. The summed E-state index contributed by atoms with van der Waals surface area (Å²) in [5.41, 5.74) is 2.47. The Morgan fingerprint density at radius 1 is 1.38 bits per heavy atom. The third kappa shape index (κ3) is 3.71. The standard InChI is InChI=1S/C17H23N3O/c1-14(19-8-6-15-7-11-21-12-15)16-2-4-17(5-3-16)20-10-9-18-13-20/h2-5,9-10,13-15,19H,6-8,11-12H2,1H3. The topological polar surface area (TPSA) is 39.1 Å². The number of imidazole rings is 1. The lowest BCUT2D eigenvalue weighted by atomic mass is 10.0. The Morgan fingerprint density at radius 3 is 2.90 bits per heavy atom. The van der Waals surface area contributed by atoms with Gasteiger partial charge in [-0.2, -0.15) is 0 Å². The number of nitrogens with zero attached hydrogens (tertiary/aromatic N) is 2. The number of nitrogens with one attached hydrogen (secondary N) is 1. The third-order valence-corrected chi connectivity index (χ3v) is 4.22. The lowest BCUT2D eigenvalue weighted by molar-refractivity contribution is 0.184. The molecule has 1 aromatic carbocycles. The smallest absolute Gasteiger partial charge is 0.0991 e. The zero-order valence-electron chi connectivity index (χ0n) is 12.5. The maximum Gasteiger partial charge on any atom is 0.0991 e. The molecule has 1 fully saturated rings. The normalized spacial score (nSPS) is 19.8. The second-order valence-corrected chi connectivity index (χ2v) is 5.76. The summed E-state index contributed by atoms with van der Waals surface area (Å²) in [6, 6.07) is 9.03. The molecular weight excluding hydrogens is 262 g/mol. The minimum atomic E-state index is 0.379. The molecular formula is C17H23N3O. The molecule has 2 heterocycles. The van der Waals surface area contributed by atoms with E-state index in [2.05, 4.69) is 41.5 Å². The van der Waals surface area contributed by atoms with Gasteiger partial charge < -0.3 is 14.6 Å². The van der Waals surface area contributed by atoms with Crippen LogP contribution in [0.25, 0.3) is 5.69 Å². The highest BCUT2D eigenvalue weighted by Crippen LogP contribution is 2.18. The fourth-order valence-electron chi connectivity index (χ4n) is 2.78. The molecule has 2 atom stereocenters. The van der Waals surface area contributed by atoms with Gasteiger partial charge in [0.25, 0.3) is 0 Å². The SMILES string of the molecule is CC(NCCC1CCOC1)c1ccc(-n2ccnc2)cc1. The van der Waals surface area contributed by atoms with Crippen molar-refractivity contribution in [3.05, 3.63) is 48.5 Å². The molecule has 0 spiro atoms. The lowest BCUT2D eigenvalue weighted by Crippen LogP contribution is -2.22. The monoisotopic (exact) mass is 285 g/mol. The average Bonchev–Trinajstić information content (AvgIpc) is 3.21. The van der Waals surface area contributed by atoms with Crippen molar-refractivity contribution in [1.82, 2.24) is 14.9 Å². The van der Waals surface area contributed by atoms with Crippen LogP contribution in [0, 0.1) is 5.92 Å². The highest BCUT2D eigenvalue weighted by Gasteiger charge is 2.15. The zero-order valence-corrected chi connectivity index (χ0v) is 12.5. The molecule has 0 radical (unpaired) electrons. The van der Waals surface area contributed by atoms with Crippen LogP contribution in [0.5, 0.6) is 0 Å². The summed E-state index contributed by atoms with van der Waals surface area (Å²) in [5, 5.41) is 3.61. The quantitative estimate of drug-likeness (QED) is 0.887. The van der Waals surface area contributed by atoms with Crippen molar-refractivity contribution >= 4 is 0 Å². The van der Waals surface area contributed by atoms with Crippen LogP contribution >= 0.6 is 0 Å². The summed E-state index contributed by atoms with van der Waals surface area (Å²) < 4.78 is 7.43. The molecule has 0 saturated carbocycles. The van der Waals surface area contributed by atoms with Gasteiger partial charge in [0.15, 0.2) is 0 Å². The Labute approximate surface area is 126 Å². The van der Waals surface area contributed by atoms with Crippen molar-refractivity contribution in [2.75, 3.05) is 19.8 Å².